The van der Waals surface area contributed by atoms with E-state index in [0.29, 0.717) is 11.3 Å². The number of hydrogen-bond acceptors (Lipinski definition) is 5. The molecule has 0 aromatic heterocycles. The Morgan fingerprint density at radius 3 is 2.21 bits per heavy atom. The Labute approximate surface area is 142 Å². The van der Waals surface area contributed by atoms with E-state index in [1.54, 1.807) is 33.1 Å². The zero-order valence-corrected chi connectivity index (χ0v) is 15.0. The highest BCUT2D eigenvalue weighted by Gasteiger charge is 2.39. The summed E-state index contributed by atoms with van der Waals surface area (Å²) in [6.07, 6.45) is 0. The standard InChI is InChI=1S/C18H23O5P/c1-4-22-24(20,23-5-2)18(14-9-7-6-8-10-14)16-13-15(21-3)11-12-17(16)19/h6-13,18-19H,4-5H2,1-3H3. The van der Waals surface area contributed by atoms with Gasteiger partial charge in [-0.25, -0.2) is 0 Å². The molecule has 0 amide bonds. The molecule has 0 spiro atoms. The monoisotopic (exact) mass is 350 g/mol. The maximum atomic E-state index is 13.5. The Morgan fingerprint density at radius 2 is 1.67 bits per heavy atom. The predicted molar refractivity (Wildman–Crippen MR) is 93.8 cm³/mol. The largest absolute Gasteiger partial charge is 0.508 e. The van der Waals surface area contributed by atoms with Crippen LogP contribution in [0.2, 0.25) is 0 Å². The summed E-state index contributed by atoms with van der Waals surface area (Å²) in [5.41, 5.74) is 0.450. The van der Waals surface area contributed by atoms with Gasteiger partial charge >= 0.3 is 7.60 Å². The van der Waals surface area contributed by atoms with Gasteiger partial charge in [0.15, 0.2) is 0 Å². The Bertz CT molecular complexity index is 692. The summed E-state index contributed by atoms with van der Waals surface area (Å²) in [4.78, 5) is 0. The third-order valence-corrected chi connectivity index (χ3v) is 6.02. The van der Waals surface area contributed by atoms with Crippen molar-refractivity contribution in [1.29, 1.82) is 0 Å². The fourth-order valence-electron chi connectivity index (χ4n) is 2.59. The molecule has 0 radical (unpaired) electrons. The molecular formula is C18H23O5P. The number of methoxy groups -OCH3 is 1. The second kappa shape index (κ2) is 8.34. The smallest absolute Gasteiger partial charge is 0.342 e. The van der Waals surface area contributed by atoms with Crippen molar-refractivity contribution in [1.82, 2.24) is 0 Å². The summed E-state index contributed by atoms with van der Waals surface area (Å²) in [5, 5.41) is 10.4. The molecule has 2 aromatic carbocycles. The molecule has 2 rings (SSSR count). The number of ether oxygens (including phenoxy) is 1. The molecule has 1 N–H and O–H groups in total. The Kier molecular flexibility index (Phi) is 6.44. The zero-order valence-electron chi connectivity index (χ0n) is 14.1. The molecule has 24 heavy (non-hydrogen) atoms. The molecule has 6 heteroatoms. The molecule has 0 aliphatic carbocycles. The molecule has 0 aliphatic heterocycles. The highest BCUT2D eigenvalue weighted by Crippen LogP contribution is 2.64. The topological polar surface area (TPSA) is 65.0 Å². The molecular weight excluding hydrogens is 327 g/mol. The van der Waals surface area contributed by atoms with Gasteiger partial charge in [-0.3, -0.25) is 4.57 Å². The summed E-state index contributed by atoms with van der Waals surface area (Å²) < 4.78 is 29.8. The molecule has 0 fully saturated rings. The minimum absolute atomic E-state index is 0.0179. The van der Waals surface area contributed by atoms with Crippen molar-refractivity contribution in [3.63, 3.8) is 0 Å². The molecule has 0 bridgehead atoms. The van der Waals surface area contributed by atoms with Gasteiger partial charge in [-0.1, -0.05) is 30.3 Å². The van der Waals surface area contributed by atoms with Gasteiger partial charge in [-0.05, 0) is 37.6 Å². The number of rotatable bonds is 8. The lowest BCUT2D eigenvalue weighted by Gasteiger charge is -2.27. The Balaban J connectivity index is 2.66. The van der Waals surface area contributed by atoms with Crippen molar-refractivity contribution < 1.29 is 23.5 Å². The lowest BCUT2D eigenvalue weighted by molar-refractivity contribution is 0.214. The number of phenolic OH excluding ortho intramolecular Hbond substituents is 1. The molecule has 2 aromatic rings. The van der Waals surface area contributed by atoms with Crippen molar-refractivity contribution in [3.8, 4) is 11.5 Å². The number of aromatic hydroxyl groups is 1. The average molecular weight is 350 g/mol. The minimum Gasteiger partial charge on any atom is -0.508 e. The fourth-order valence-corrected chi connectivity index (χ4v) is 4.77. The second-order valence-electron chi connectivity index (χ2n) is 5.11. The summed E-state index contributed by atoms with van der Waals surface area (Å²) >= 11 is 0. The molecule has 0 aliphatic rings. The first-order valence-corrected chi connectivity index (χ1v) is 9.47. The van der Waals surface area contributed by atoms with Crippen LogP contribution in [0.5, 0.6) is 11.5 Å². The highest BCUT2D eigenvalue weighted by molar-refractivity contribution is 7.54. The van der Waals surface area contributed by atoms with Crippen molar-refractivity contribution in [2.24, 2.45) is 0 Å². The van der Waals surface area contributed by atoms with Crippen LogP contribution < -0.4 is 4.74 Å². The van der Waals surface area contributed by atoms with Gasteiger partial charge in [0.2, 0.25) is 0 Å². The summed E-state index contributed by atoms with van der Waals surface area (Å²) in [6.45, 7) is 4.01. The maximum Gasteiger partial charge on any atom is 0.342 e. The SMILES string of the molecule is CCOP(=O)(OCC)C(c1ccccc1)c1cc(OC)ccc1O. The summed E-state index contributed by atoms with van der Waals surface area (Å²) in [6, 6.07) is 14.1. The molecule has 0 saturated heterocycles. The Morgan fingerprint density at radius 1 is 1.04 bits per heavy atom. The first-order chi connectivity index (χ1) is 11.6. The third-order valence-electron chi connectivity index (χ3n) is 3.58. The van der Waals surface area contributed by atoms with Crippen LogP contribution >= 0.6 is 7.60 Å². The van der Waals surface area contributed by atoms with E-state index in [-0.39, 0.29) is 19.0 Å². The van der Waals surface area contributed by atoms with Crippen LogP contribution in [-0.2, 0) is 13.6 Å². The van der Waals surface area contributed by atoms with Crippen molar-refractivity contribution in [3.05, 3.63) is 59.7 Å². The van der Waals surface area contributed by atoms with Crippen molar-refractivity contribution in [2.75, 3.05) is 20.3 Å². The Hall–Kier alpha value is -1.81. The van der Waals surface area contributed by atoms with E-state index in [4.69, 9.17) is 13.8 Å². The van der Waals surface area contributed by atoms with E-state index in [9.17, 15) is 9.67 Å². The normalized spacial score (nSPS) is 12.8. The van der Waals surface area contributed by atoms with E-state index in [1.807, 2.05) is 30.3 Å². The van der Waals surface area contributed by atoms with E-state index in [1.165, 1.54) is 6.07 Å². The van der Waals surface area contributed by atoms with Crippen LogP contribution in [0.4, 0.5) is 0 Å². The first-order valence-electron chi connectivity index (χ1n) is 7.86. The lowest BCUT2D eigenvalue weighted by Crippen LogP contribution is -2.09. The summed E-state index contributed by atoms with van der Waals surface area (Å²) in [7, 11) is -2.01. The molecule has 1 unspecified atom stereocenters. The predicted octanol–water partition coefficient (Wildman–Crippen LogP) is 4.76. The number of phenols is 1. The number of hydrogen-bond donors (Lipinski definition) is 1. The molecule has 130 valence electrons. The quantitative estimate of drug-likeness (QED) is 0.696. The van der Waals surface area contributed by atoms with Gasteiger partial charge in [-0.15, -0.1) is 0 Å². The third kappa shape index (κ3) is 3.99. The minimum atomic E-state index is -3.55. The van der Waals surface area contributed by atoms with Crippen molar-refractivity contribution >= 4 is 7.60 Å². The molecule has 0 heterocycles. The van der Waals surface area contributed by atoms with Crippen LogP contribution in [-0.4, -0.2) is 25.4 Å². The van der Waals surface area contributed by atoms with Gasteiger partial charge in [0.1, 0.15) is 17.2 Å². The molecule has 0 saturated carbocycles. The fraction of sp³-hybridized carbons (Fsp3) is 0.333. The number of benzene rings is 2. The summed E-state index contributed by atoms with van der Waals surface area (Å²) in [5.74, 6) is 0.576. The van der Waals surface area contributed by atoms with E-state index < -0.39 is 13.3 Å². The van der Waals surface area contributed by atoms with Crippen LogP contribution in [0.25, 0.3) is 0 Å². The van der Waals surface area contributed by atoms with Gasteiger partial charge in [-0.2, -0.15) is 0 Å². The zero-order chi connectivity index (χ0) is 17.6. The average Bonchev–Trinajstić information content (AvgIpc) is 2.58. The van der Waals surface area contributed by atoms with E-state index in [2.05, 4.69) is 0 Å². The second-order valence-corrected chi connectivity index (χ2v) is 7.23. The van der Waals surface area contributed by atoms with Gasteiger partial charge < -0.3 is 18.9 Å². The van der Waals surface area contributed by atoms with Crippen LogP contribution in [0.1, 0.15) is 30.6 Å². The molecule has 1 atom stereocenters. The lowest BCUT2D eigenvalue weighted by atomic mass is 10.0. The van der Waals surface area contributed by atoms with Gasteiger partial charge in [0.05, 0.1) is 20.3 Å². The first kappa shape index (κ1) is 18.5. The van der Waals surface area contributed by atoms with E-state index in [0.717, 1.165) is 5.56 Å². The van der Waals surface area contributed by atoms with E-state index >= 15 is 0 Å². The molecule has 5 nitrogen and oxygen atoms in total. The van der Waals surface area contributed by atoms with Crippen molar-refractivity contribution in [2.45, 2.75) is 19.5 Å². The van der Waals surface area contributed by atoms with Crippen LogP contribution in [0, 0.1) is 0 Å². The maximum absolute atomic E-state index is 13.5. The highest BCUT2D eigenvalue weighted by atomic mass is 31.2. The van der Waals surface area contributed by atoms with Gasteiger partial charge in [0, 0.05) is 5.56 Å². The van der Waals surface area contributed by atoms with Crippen LogP contribution in [0.15, 0.2) is 48.5 Å². The van der Waals surface area contributed by atoms with Crippen LogP contribution in [0.3, 0.4) is 0 Å². The van der Waals surface area contributed by atoms with Gasteiger partial charge in [0.25, 0.3) is 0 Å².